The van der Waals surface area contributed by atoms with Crippen molar-refractivity contribution in [1.29, 1.82) is 0 Å². The maximum atomic E-state index is 12.6. The van der Waals surface area contributed by atoms with Gasteiger partial charge in [-0.05, 0) is 31.4 Å². The molecular formula is C16H24N2O3. The third kappa shape index (κ3) is 3.81. The van der Waals surface area contributed by atoms with E-state index in [2.05, 4.69) is 17.4 Å². The number of aliphatic hydroxyl groups is 2. The minimum Gasteiger partial charge on any atom is -0.394 e. The van der Waals surface area contributed by atoms with E-state index in [0.29, 0.717) is 13.1 Å². The van der Waals surface area contributed by atoms with E-state index in [1.807, 2.05) is 17.0 Å². The van der Waals surface area contributed by atoms with Gasteiger partial charge in [-0.2, -0.15) is 0 Å². The molecule has 0 saturated heterocycles. The molecule has 0 aliphatic carbocycles. The number of rotatable bonds is 5. The first-order valence-corrected chi connectivity index (χ1v) is 7.34. The number of benzene rings is 1. The first-order chi connectivity index (χ1) is 9.94. The van der Waals surface area contributed by atoms with E-state index in [0.717, 1.165) is 6.42 Å². The summed E-state index contributed by atoms with van der Waals surface area (Å²) >= 11 is 0. The van der Waals surface area contributed by atoms with Crippen molar-refractivity contribution in [3.63, 3.8) is 0 Å². The van der Waals surface area contributed by atoms with E-state index in [4.69, 9.17) is 5.11 Å². The van der Waals surface area contributed by atoms with Crippen LogP contribution >= 0.6 is 0 Å². The molecule has 1 aromatic rings. The average molecular weight is 292 g/mol. The Morgan fingerprint density at radius 2 is 2.05 bits per heavy atom. The van der Waals surface area contributed by atoms with Gasteiger partial charge in [0.1, 0.15) is 0 Å². The predicted molar refractivity (Wildman–Crippen MR) is 80.7 cm³/mol. The number of carbonyl (C=O) groups is 1. The van der Waals surface area contributed by atoms with Crippen LogP contribution in [-0.2, 0) is 17.8 Å². The lowest BCUT2D eigenvalue weighted by Gasteiger charge is -2.36. The van der Waals surface area contributed by atoms with Crippen LogP contribution < -0.4 is 5.32 Å². The Balaban J connectivity index is 2.00. The van der Waals surface area contributed by atoms with Crippen molar-refractivity contribution in [3.05, 3.63) is 35.4 Å². The fourth-order valence-corrected chi connectivity index (χ4v) is 2.58. The van der Waals surface area contributed by atoms with Crippen molar-refractivity contribution >= 4 is 5.91 Å². The van der Waals surface area contributed by atoms with Gasteiger partial charge < -0.3 is 20.4 Å². The highest BCUT2D eigenvalue weighted by atomic mass is 16.3. The van der Waals surface area contributed by atoms with Crippen LogP contribution in [0, 0.1) is 0 Å². The number of amides is 1. The fourth-order valence-electron chi connectivity index (χ4n) is 2.58. The summed E-state index contributed by atoms with van der Waals surface area (Å²) < 4.78 is 0. The number of carbonyl (C=O) groups excluding carboxylic acids is 1. The molecular weight excluding hydrogens is 268 g/mol. The number of aliphatic hydroxyl groups excluding tert-OH is 2. The van der Waals surface area contributed by atoms with Gasteiger partial charge in [0.15, 0.2) is 0 Å². The molecule has 2 rings (SSSR count). The van der Waals surface area contributed by atoms with E-state index in [1.165, 1.54) is 11.1 Å². The molecule has 5 nitrogen and oxygen atoms in total. The summed E-state index contributed by atoms with van der Waals surface area (Å²) in [6.07, 6.45) is 0.0243. The van der Waals surface area contributed by atoms with Gasteiger partial charge >= 0.3 is 0 Å². The van der Waals surface area contributed by atoms with E-state index < -0.39 is 11.6 Å². The molecule has 0 fully saturated rings. The topological polar surface area (TPSA) is 72.8 Å². The molecule has 1 amide bonds. The van der Waals surface area contributed by atoms with Crippen LogP contribution in [0.4, 0.5) is 0 Å². The number of nitrogens with one attached hydrogen (secondary N) is 1. The molecule has 0 bridgehead atoms. The molecule has 0 saturated carbocycles. The summed E-state index contributed by atoms with van der Waals surface area (Å²) in [5.74, 6) is 0.0159. The summed E-state index contributed by atoms with van der Waals surface area (Å²) in [7, 11) is 0. The maximum Gasteiger partial charge on any atom is 0.242 e. The van der Waals surface area contributed by atoms with Gasteiger partial charge in [0.2, 0.25) is 5.91 Å². The number of β-amino-alcohol motifs (C(OH)–C–C–N with tert-alkyl or cyclic N) is 1. The van der Waals surface area contributed by atoms with Crippen LogP contribution in [-0.4, -0.2) is 52.4 Å². The van der Waals surface area contributed by atoms with Crippen molar-refractivity contribution in [2.45, 2.75) is 38.5 Å². The summed E-state index contributed by atoms with van der Waals surface area (Å²) in [4.78, 5) is 14.5. The monoisotopic (exact) mass is 292 g/mol. The van der Waals surface area contributed by atoms with Crippen LogP contribution in [0.1, 0.15) is 25.0 Å². The molecule has 0 unspecified atom stereocenters. The number of fused-ring (bicyclic) bond motifs is 1. The first kappa shape index (κ1) is 15.9. The van der Waals surface area contributed by atoms with Gasteiger partial charge in [-0.25, -0.2) is 0 Å². The fraction of sp³-hybridized carbons (Fsp3) is 0.562. The Hall–Kier alpha value is -1.43. The van der Waals surface area contributed by atoms with Crippen molar-refractivity contribution in [2.75, 3.05) is 19.7 Å². The zero-order valence-corrected chi connectivity index (χ0v) is 12.7. The summed E-state index contributed by atoms with van der Waals surface area (Å²) in [6.45, 7) is 4.83. The third-order valence-electron chi connectivity index (χ3n) is 3.94. The predicted octanol–water partition coefficient (Wildman–Crippen LogP) is 0.293. The quantitative estimate of drug-likeness (QED) is 0.729. The highest BCUT2D eigenvalue weighted by Gasteiger charge is 2.33. The van der Waals surface area contributed by atoms with Gasteiger partial charge in [0, 0.05) is 19.6 Å². The number of hydrogen-bond donors (Lipinski definition) is 3. The second-order valence-electron chi connectivity index (χ2n) is 6.09. The third-order valence-corrected chi connectivity index (χ3v) is 3.94. The Labute approximate surface area is 125 Å². The lowest BCUT2D eigenvalue weighted by atomic mass is 9.96. The van der Waals surface area contributed by atoms with E-state index >= 15 is 0 Å². The SMILES string of the molecule is CC(C)(NC[C@@H](O)CO)C(=O)N1CCc2ccccc2C1. The second kappa shape index (κ2) is 6.56. The molecule has 1 aliphatic heterocycles. The van der Waals surface area contributed by atoms with Crippen LogP contribution in [0.2, 0.25) is 0 Å². The molecule has 0 spiro atoms. The maximum absolute atomic E-state index is 12.6. The Morgan fingerprint density at radius 1 is 1.38 bits per heavy atom. The van der Waals surface area contributed by atoms with Gasteiger partial charge in [0.05, 0.1) is 18.2 Å². The zero-order valence-electron chi connectivity index (χ0n) is 12.7. The molecule has 0 aromatic heterocycles. The minimum absolute atomic E-state index is 0.0159. The second-order valence-corrected chi connectivity index (χ2v) is 6.09. The van der Waals surface area contributed by atoms with Crippen molar-refractivity contribution in [3.8, 4) is 0 Å². The molecule has 3 N–H and O–H groups in total. The van der Waals surface area contributed by atoms with Gasteiger partial charge in [-0.1, -0.05) is 24.3 Å². The van der Waals surface area contributed by atoms with Gasteiger partial charge in [-0.15, -0.1) is 0 Å². The lowest BCUT2D eigenvalue weighted by molar-refractivity contribution is -0.138. The first-order valence-electron chi connectivity index (χ1n) is 7.34. The molecule has 5 heteroatoms. The number of nitrogens with zero attached hydrogens (tertiary/aromatic N) is 1. The lowest BCUT2D eigenvalue weighted by Crippen LogP contribution is -2.56. The Morgan fingerprint density at radius 3 is 2.71 bits per heavy atom. The zero-order chi connectivity index (χ0) is 15.5. The molecule has 21 heavy (non-hydrogen) atoms. The normalized spacial score (nSPS) is 16.5. The Bertz CT molecular complexity index is 502. The van der Waals surface area contributed by atoms with Crippen LogP contribution in [0.25, 0.3) is 0 Å². The standard InChI is InChI=1S/C16H24N2O3/c1-16(2,17-9-14(20)11-19)15(21)18-8-7-12-5-3-4-6-13(12)10-18/h3-6,14,17,19-20H,7-11H2,1-2H3/t14-/m1/s1. The Kier molecular flexibility index (Phi) is 4.98. The highest BCUT2D eigenvalue weighted by molar-refractivity contribution is 5.85. The van der Waals surface area contributed by atoms with Crippen molar-refractivity contribution in [1.82, 2.24) is 10.2 Å². The van der Waals surface area contributed by atoms with Crippen molar-refractivity contribution < 1.29 is 15.0 Å². The summed E-state index contributed by atoms with van der Waals surface area (Å²) in [6, 6.07) is 8.19. The van der Waals surface area contributed by atoms with E-state index in [-0.39, 0.29) is 19.1 Å². The smallest absolute Gasteiger partial charge is 0.242 e. The molecule has 116 valence electrons. The minimum atomic E-state index is -0.848. The van der Waals surface area contributed by atoms with Crippen LogP contribution in [0.5, 0.6) is 0 Å². The van der Waals surface area contributed by atoms with Crippen molar-refractivity contribution in [2.24, 2.45) is 0 Å². The largest absolute Gasteiger partial charge is 0.394 e. The van der Waals surface area contributed by atoms with Gasteiger partial charge in [-0.3, -0.25) is 4.79 Å². The summed E-state index contributed by atoms with van der Waals surface area (Å²) in [5.41, 5.74) is 1.74. The van der Waals surface area contributed by atoms with Gasteiger partial charge in [0.25, 0.3) is 0 Å². The van der Waals surface area contributed by atoms with E-state index in [1.54, 1.807) is 13.8 Å². The molecule has 1 atom stereocenters. The molecule has 1 aromatic carbocycles. The number of hydrogen-bond acceptors (Lipinski definition) is 4. The summed E-state index contributed by atoms with van der Waals surface area (Å²) in [5, 5.41) is 21.3. The molecule has 1 heterocycles. The molecule has 0 radical (unpaired) electrons. The van der Waals surface area contributed by atoms with Crippen LogP contribution in [0.3, 0.4) is 0 Å². The van der Waals surface area contributed by atoms with Crippen LogP contribution in [0.15, 0.2) is 24.3 Å². The van der Waals surface area contributed by atoms with E-state index in [9.17, 15) is 9.90 Å². The highest BCUT2D eigenvalue weighted by Crippen LogP contribution is 2.21. The molecule has 1 aliphatic rings. The average Bonchev–Trinajstić information content (AvgIpc) is 2.51.